The lowest BCUT2D eigenvalue weighted by Gasteiger charge is -2.45. The minimum Gasteiger partial charge on any atom is -0.598 e. The Kier molecular flexibility index (Phi) is 8.85. The first-order valence-electron chi connectivity index (χ1n) is 14.3. The molecule has 4 atom stereocenters. The fourth-order valence-electron chi connectivity index (χ4n) is 6.34. The van der Waals surface area contributed by atoms with Gasteiger partial charge in [0.2, 0.25) is 5.91 Å². The van der Waals surface area contributed by atoms with Gasteiger partial charge in [-0.15, -0.1) is 4.31 Å². The van der Waals surface area contributed by atoms with Crippen molar-refractivity contribution >= 4 is 23.0 Å². The summed E-state index contributed by atoms with van der Waals surface area (Å²) >= 11 is -0.941. The molecular formula is C30H43FN6O2S. The summed E-state index contributed by atoms with van der Waals surface area (Å²) in [7, 11) is 0. The van der Waals surface area contributed by atoms with Crippen molar-refractivity contribution < 1.29 is 13.7 Å². The van der Waals surface area contributed by atoms with E-state index in [9.17, 15) is 13.7 Å². The number of rotatable bonds is 7. The summed E-state index contributed by atoms with van der Waals surface area (Å²) in [5, 5.41) is 3.61. The maximum absolute atomic E-state index is 13.9. The topological polar surface area (TPSA) is 78.0 Å². The van der Waals surface area contributed by atoms with Crippen molar-refractivity contribution in [1.29, 1.82) is 0 Å². The zero-order valence-corrected chi connectivity index (χ0v) is 25.2. The van der Waals surface area contributed by atoms with Gasteiger partial charge in [0, 0.05) is 73.8 Å². The van der Waals surface area contributed by atoms with E-state index in [1.165, 1.54) is 12.1 Å². The highest BCUT2D eigenvalue weighted by Gasteiger charge is 2.41. The van der Waals surface area contributed by atoms with E-state index in [-0.39, 0.29) is 23.2 Å². The molecule has 10 heteroatoms. The number of amides is 1. The predicted molar refractivity (Wildman–Crippen MR) is 158 cm³/mol. The number of pyridine rings is 1. The van der Waals surface area contributed by atoms with E-state index >= 15 is 0 Å². The first kappa shape index (κ1) is 29.4. The fraction of sp³-hybridized carbons (Fsp3) is 0.600. The molecule has 1 N–H and O–H groups in total. The maximum atomic E-state index is 13.9. The Labute approximate surface area is 241 Å². The summed E-state index contributed by atoms with van der Waals surface area (Å²) in [4.78, 5) is 25.5. The number of piperazine rings is 2. The van der Waals surface area contributed by atoms with E-state index in [1.807, 2.05) is 15.4 Å². The van der Waals surface area contributed by atoms with Crippen LogP contribution >= 0.6 is 0 Å². The second-order valence-corrected chi connectivity index (χ2v) is 13.8. The number of carbonyl (C=O) groups excluding carboxylic acids is 1. The molecule has 1 aromatic heterocycles. The van der Waals surface area contributed by atoms with Crippen LogP contribution in [-0.2, 0) is 28.0 Å². The molecule has 0 saturated carbocycles. The average Bonchev–Trinajstić information content (AvgIpc) is 3.18. The number of benzene rings is 1. The lowest BCUT2D eigenvalue weighted by molar-refractivity contribution is -0.121. The summed E-state index contributed by atoms with van der Waals surface area (Å²) in [6, 6.07) is 9.48. The van der Waals surface area contributed by atoms with Crippen LogP contribution in [0.1, 0.15) is 44.5 Å². The summed E-state index contributed by atoms with van der Waals surface area (Å²) in [6.07, 6.45) is 4.28. The van der Waals surface area contributed by atoms with Crippen molar-refractivity contribution in [2.75, 3.05) is 63.5 Å². The molecule has 40 heavy (non-hydrogen) atoms. The van der Waals surface area contributed by atoms with E-state index < -0.39 is 11.4 Å². The first-order chi connectivity index (χ1) is 19.0. The Balaban J connectivity index is 1.30. The van der Waals surface area contributed by atoms with Crippen LogP contribution in [0.2, 0.25) is 0 Å². The average molecular weight is 571 g/mol. The summed E-state index contributed by atoms with van der Waals surface area (Å²) < 4.78 is 27.4. The molecule has 0 radical (unpaired) electrons. The van der Waals surface area contributed by atoms with E-state index in [0.29, 0.717) is 31.6 Å². The Morgan fingerprint density at radius 1 is 1.15 bits per heavy atom. The summed E-state index contributed by atoms with van der Waals surface area (Å²) in [6.45, 7) is 14.6. The molecule has 218 valence electrons. The molecule has 3 unspecified atom stereocenters. The van der Waals surface area contributed by atoms with Crippen molar-refractivity contribution in [1.82, 2.24) is 24.4 Å². The van der Waals surface area contributed by atoms with Crippen molar-refractivity contribution in [3.63, 3.8) is 0 Å². The number of anilines is 1. The van der Waals surface area contributed by atoms with Gasteiger partial charge in [-0.2, -0.15) is 0 Å². The van der Waals surface area contributed by atoms with Gasteiger partial charge in [-0.3, -0.25) is 19.6 Å². The van der Waals surface area contributed by atoms with Gasteiger partial charge < -0.3 is 14.8 Å². The number of nitrogens with zero attached hydrogens (tertiary/aromatic N) is 5. The van der Waals surface area contributed by atoms with Gasteiger partial charge in [0.05, 0.1) is 31.0 Å². The largest absolute Gasteiger partial charge is 0.598 e. The molecule has 0 aliphatic carbocycles. The van der Waals surface area contributed by atoms with Crippen LogP contribution in [0.3, 0.4) is 0 Å². The molecule has 1 amide bonds. The van der Waals surface area contributed by atoms with E-state index in [0.717, 1.165) is 61.8 Å². The zero-order valence-electron chi connectivity index (χ0n) is 24.4. The van der Waals surface area contributed by atoms with Crippen LogP contribution in [-0.4, -0.2) is 106 Å². The number of halogens is 1. The van der Waals surface area contributed by atoms with Gasteiger partial charge in [0.1, 0.15) is 12.1 Å². The van der Waals surface area contributed by atoms with Gasteiger partial charge in [0.25, 0.3) is 0 Å². The second kappa shape index (κ2) is 12.0. The summed E-state index contributed by atoms with van der Waals surface area (Å²) in [5.74, 6) is -0.144. The molecule has 8 nitrogen and oxygen atoms in total. The number of hydrogen-bond acceptors (Lipinski definition) is 7. The predicted octanol–water partition coefficient (Wildman–Crippen LogP) is 2.40. The van der Waals surface area contributed by atoms with Crippen LogP contribution in [0.5, 0.6) is 0 Å². The van der Waals surface area contributed by atoms with Gasteiger partial charge in [-0.05, 0) is 49.6 Å². The van der Waals surface area contributed by atoms with Crippen LogP contribution in [0.25, 0.3) is 0 Å². The molecule has 2 aromatic rings. The van der Waals surface area contributed by atoms with Crippen molar-refractivity contribution in [3.8, 4) is 0 Å². The molecule has 3 aliphatic heterocycles. The van der Waals surface area contributed by atoms with E-state index in [1.54, 1.807) is 18.4 Å². The first-order valence-corrected chi connectivity index (χ1v) is 15.9. The number of aromatic nitrogens is 1. The highest BCUT2D eigenvalue weighted by molar-refractivity contribution is 7.88. The van der Waals surface area contributed by atoms with Gasteiger partial charge in [0.15, 0.2) is 0 Å². The Morgan fingerprint density at radius 2 is 1.90 bits per heavy atom. The molecule has 2 fully saturated rings. The third-order valence-corrected chi connectivity index (χ3v) is 9.69. The highest BCUT2D eigenvalue weighted by atomic mass is 32.2. The lowest BCUT2D eigenvalue weighted by atomic mass is 9.91. The molecule has 4 heterocycles. The maximum Gasteiger partial charge on any atom is 0.241 e. The third-order valence-electron chi connectivity index (χ3n) is 8.63. The fourth-order valence-corrected chi connectivity index (χ4v) is 7.10. The molecule has 2 saturated heterocycles. The van der Waals surface area contributed by atoms with Crippen LogP contribution in [0.15, 0.2) is 36.5 Å². The Hall–Kier alpha value is -2.08. The number of carbonyl (C=O) groups is 1. The Morgan fingerprint density at radius 3 is 2.60 bits per heavy atom. The summed E-state index contributed by atoms with van der Waals surface area (Å²) in [5.41, 5.74) is 3.64. The smallest absolute Gasteiger partial charge is 0.241 e. The van der Waals surface area contributed by atoms with Crippen LogP contribution < -0.4 is 10.2 Å². The molecule has 5 rings (SSSR count). The van der Waals surface area contributed by atoms with Crippen molar-refractivity contribution in [2.24, 2.45) is 0 Å². The van der Waals surface area contributed by atoms with Crippen LogP contribution in [0.4, 0.5) is 10.1 Å². The van der Waals surface area contributed by atoms with Crippen molar-refractivity contribution in [2.45, 2.75) is 57.7 Å². The standard InChI is InChI=1S/C30H43FN6O2S/c1-21-16-35(26(15-32-21)18-34-10-11-36(40(5)39)17-22(34)2)19-28(38)37-20-30(3,4)29-27(37)13-24(14-33-29)12-23-6-8-25(31)9-7-23/h6-9,13-14,21-22,26,32H,10-12,15-20H2,1-5H3/t21?,22?,26-,40?/m1/s1. The molecular weight excluding hydrogens is 527 g/mol. The lowest BCUT2D eigenvalue weighted by Crippen LogP contribution is -2.63. The number of fused-ring (bicyclic) bond motifs is 1. The zero-order chi connectivity index (χ0) is 28.6. The molecule has 0 spiro atoms. The molecule has 1 aromatic carbocycles. The quantitative estimate of drug-likeness (QED) is 0.513. The number of nitrogens with one attached hydrogen (secondary N) is 1. The monoisotopic (exact) mass is 570 g/mol. The normalized spacial score (nSPS) is 26.6. The molecule has 3 aliphatic rings. The number of hydrogen-bond donors (Lipinski definition) is 1. The van der Waals surface area contributed by atoms with Gasteiger partial charge in [-0.1, -0.05) is 26.0 Å². The Bertz CT molecular complexity index is 1200. The van der Waals surface area contributed by atoms with Crippen LogP contribution in [0, 0.1) is 5.82 Å². The minimum absolute atomic E-state index is 0.103. The second-order valence-electron chi connectivity index (χ2n) is 12.4. The minimum atomic E-state index is -0.941. The van der Waals surface area contributed by atoms with E-state index in [2.05, 4.69) is 48.9 Å². The van der Waals surface area contributed by atoms with Gasteiger partial charge >= 0.3 is 0 Å². The molecule has 0 bridgehead atoms. The van der Waals surface area contributed by atoms with Crippen molar-refractivity contribution in [3.05, 3.63) is 59.2 Å². The van der Waals surface area contributed by atoms with E-state index in [4.69, 9.17) is 4.98 Å². The SMILES string of the molecule is CC1CN(CC(=O)N2CC(C)(C)c3ncc(Cc4ccc(F)cc4)cc32)[C@@H](CN2CCN([S+](C)[O-])CC2C)CN1. The third kappa shape index (κ3) is 6.53. The van der Waals surface area contributed by atoms with Gasteiger partial charge in [-0.25, -0.2) is 4.39 Å². The highest BCUT2D eigenvalue weighted by Crippen LogP contribution is 2.39.